The van der Waals surface area contributed by atoms with Crippen LogP contribution in [-0.4, -0.2) is 27.3 Å². The fraction of sp³-hybridized carbons (Fsp3) is 0.381. The maximum atomic E-state index is 12.9. The van der Waals surface area contributed by atoms with Crippen LogP contribution in [0, 0.1) is 0 Å². The Bertz CT molecular complexity index is 1020. The molecular formula is C21H24BrN3O4. The molecule has 0 radical (unpaired) electrons. The first-order valence-electron chi connectivity index (χ1n) is 9.17. The third kappa shape index (κ3) is 4.94. The number of halogens is 1. The van der Waals surface area contributed by atoms with Gasteiger partial charge in [-0.2, -0.15) is 0 Å². The zero-order valence-electron chi connectivity index (χ0n) is 17.3. The molecule has 0 aliphatic heterocycles. The molecular weight excluding hydrogens is 438 g/mol. The molecule has 154 valence electrons. The molecule has 2 heterocycles. The van der Waals surface area contributed by atoms with Crippen LogP contribution in [0.25, 0.3) is 22.4 Å². The summed E-state index contributed by atoms with van der Waals surface area (Å²) in [5.41, 5.74) is -0.186. The van der Waals surface area contributed by atoms with Crippen LogP contribution >= 0.6 is 15.9 Å². The molecule has 7 nitrogen and oxygen atoms in total. The van der Waals surface area contributed by atoms with Gasteiger partial charge in [0.2, 0.25) is 5.71 Å². The summed E-state index contributed by atoms with van der Waals surface area (Å²) in [5, 5.41) is 1.58. The largest absolute Gasteiger partial charge is 0.442 e. The molecule has 2 aromatic heterocycles. The number of hydrogen-bond donors (Lipinski definition) is 0. The smallest absolute Gasteiger partial charge is 0.440 e. The molecule has 1 amide bonds. The summed E-state index contributed by atoms with van der Waals surface area (Å²) < 4.78 is 12.1. The van der Waals surface area contributed by atoms with Gasteiger partial charge in [-0.05, 0) is 57.5 Å². The topological polar surface area (TPSA) is 77.7 Å². The number of aromatic nitrogens is 2. The lowest BCUT2D eigenvalue weighted by Gasteiger charge is -2.30. The Labute approximate surface area is 178 Å². The van der Waals surface area contributed by atoms with Crippen molar-refractivity contribution in [3.05, 3.63) is 41.1 Å². The van der Waals surface area contributed by atoms with Crippen LogP contribution in [0.4, 0.5) is 10.6 Å². The number of carbonyl (C=O) groups is 1. The summed E-state index contributed by atoms with van der Waals surface area (Å²) in [7, 11) is 0. The molecule has 0 aliphatic carbocycles. The molecule has 0 N–H and O–H groups in total. The van der Waals surface area contributed by atoms with Crippen LogP contribution in [0.1, 0.15) is 41.5 Å². The van der Waals surface area contributed by atoms with Crippen molar-refractivity contribution in [2.24, 2.45) is 0 Å². The zero-order chi connectivity index (χ0) is 21.4. The summed E-state index contributed by atoms with van der Waals surface area (Å²) in [6, 6.07) is 9.60. The molecule has 0 atom stereocenters. The van der Waals surface area contributed by atoms with E-state index in [-0.39, 0.29) is 5.82 Å². The maximum Gasteiger partial charge on any atom is 0.440 e. The molecule has 0 aliphatic rings. The molecule has 0 saturated carbocycles. The van der Waals surface area contributed by atoms with E-state index >= 15 is 0 Å². The van der Waals surface area contributed by atoms with E-state index in [1.54, 1.807) is 20.8 Å². The van der Waals surface area contributed by atoms with E-state index in [9.17, 15) is 4.79 Å². The molecule has 3 rings (SSSR count). The number of nitrogens with zero attached hydrogens (tertiary/aromatic N) is 3. The minimum Gasteiger partial charge on any atom is -0.442 e. The highest BCUT2D eigenvalue weighted by molar-refractivity contribution is 9.10. The van der Waals surface area contributed by atoms with Crippen molar-refractivity contribution in [3.63, 3.8) is 0 Å². The maximum absolute atomic E-state index is 12.9. The summed E-state index contributed by atoms with van der Waals surface area (Å²) in [6.45, 7) is 10.9. The Morgan fingerprint density at radius 3 is 2.28 bits per heavy atom. The third-order valence-electron chi connectivity index (χ3n) is 3.56. The molecule has 3 aromatic rings. The van der Waals surface area contributed by atoms with Crippen LogP contribution < -0.4 is 5.06 Å². The quantitative estimate of drug-likeness (QED) is 0.436. The van der Waals surface area contributed by atoms with Crippen molar-refractivity contribution < 1.29 is 18.8 Å². The molecule has 29 heavy (non-hydrogen) atoms. The van der Waals surface area contributed by atoms with Gasteiger partial charge in [-0.1, -0.05) is 30.3 Å². The van der Waals surface area contributed by atoms with Crippen LogP contribution in [0.5, 0.6) is 0 Å². The molecule has 0 bridgehead atoms. The number of carbonyl (C=O) groups excluding carboxylic acids is 1. The van der Waals surface area contributed by atoms with Crippen LogP contribution in [0.2, 0.25) is 0 Å². The fourth-order valence-corrected chi connectivity index (χ4v) is 3.22. The van der Waals surface area contributed by atoms with Crippen molar-refractivity contribution in [1.82, 2.24) is 9.97 Å². The lowest BCUT2D eigenvalue weighted by molar-refractivity contribution is -0.0361. The van der Waals surface area contributed by atoms with E-state index in [1.165, 1.54) is 6.33 Å². The number of benzene rings is 1. The fourth-order valence-electron chi connectivity index (χ4n) is 2.56. The Hall–Kier alpha value is -2.45. The number of ether oxygens (including phenoxy) is 1. The Morgan fingerprint density at radius 1 is 1.03 bits per heavy atom. The van der Waals surface area contributed by atoms with Gasteiger partial charge >= 0.3 is 6.09 Å². The van der Waals surface area contributed by atoms with Gasteiger partial charge in [0.15, 0.2) is 11.6 Å². The number of hydroxylamine groups is 1. The van der Waals surface area contributed by atoms with E-state index in [0.717, 1.165) is 10.6 Å². The van der Waals surface area contributed by atoms with Crippen molar-refractivity contribution in [2.45, 2.75) is 52.7 Å². The average molecular weight is 462 g/mol. The first kappa shape index (κ1) is 21.3. The van der Waals surface area contributed by atoms with E-state index in [4.69, 9.17) is 14.0 Å². The number of fused-ring (bicyclic) bond motifs is 1. The third-order valence-corrected chi connectivity index (χ3v) is 4.32. The summed E-state index contributed by atoms with van der Waals surface area (Å²) in [5.74, 6) is 0.819. The lowest BCUT2D eigenvalue weighted by atomic mass is 10.1. The van der Waals surface area contributed by atoms with E-state index in [2.05, 4.69) is 25.9 Å². The van der Waals surface area contributed by atoms with Crippen LogP contribution in [0.15, 0.2) is 45.5 Å². The van der Waals surface area contributed by atoms with Crippen molar-refractivity contribution in [2.75, 3.05) is 5.06 Å². The standard InChI is InChI=1S/C21H24BrN3O4/c1-20(2,3)28-19(26)25(29-21(4,5)6)17-14-15(22)16(13-10-8-7-9-11-13)27-18(14)24-12-23-17/h7-12H,1-6H3. The second kappa shape index (κ2) is 7.76. The molecule has 0 fully saturated rings. The SMILES string of the molecule is CC(C)(C)OC(=O)N(OC(C)(C)C)c1ncnc2oc(-c3ccccc3)c(Br)c12. The highest BCUT2D eigenvalue weighted by Crippen LogP contribution is 2.41. The normalized spacial score (nSPS) is 12.2. The van der Waals surface area contributed by atoms with E-state index < -0.39 is 17.3 Å². The van der Waals surface area contributed by atoms with Gasteiger partial charge in [0.25, 0.3) is 0 Å². The number of rotatable bonds is 3. The summed E-state index contributed by atoms with van der Waals surface area (Å²) in [4.78, 5) is 27.4. The molecule has 0 spiro atoms. The molecule has 0 unspecified atom stereocenters. The van der Waals surface area contributed by atoms with E-state index in [1.807, 2.05) is 51.1 Å². The van der Waals surface area contributed by atoms with Gasteiger partial charge in [-0.15, -0.1) is 5.06 Å². The first-order valence-corrected chi connectivity index (χ1v) is 9.96. The Morgan fingerprint density at radius 2 is 1.69 bits per heavy atom. The predicted molar refractivity (Wildman–Crippen MR) is 114 cm³/mol. The van der Waals surface area contributed by atoms with Crippen LogP contribution in [-0.2, 0) is 9.57 Å². The highest BCUT2D eigenvalue weighted by atomic mass is 79.9. The second-order valence-electron chi connectivity index (χ2n) is 8.47. The number of furan rings is 1. The molecule has 1 aromatic carbocycles. The zero-order valence-corrected chi connectivity index (χ0v) is 18.9. The summed E-state index contributed by atoms with van der Waals surface area (Å²) >= 11 is 3.59. The monoisotopic (exact) mass is 461 g/mol. The van der Waals surface area contributed by atoms with Gasteiger partial charge < -0.3 is 9.15 Å². The molecule has 8 heteroatoms. The highest BCUT2D eigenvalue weighted by Gasteiger charge is 2.33. The van der Waals surface area contributed by atoms with Crippen molar-refractivity contribution >= 4 is 38.9 Å². The predicted octanol–water partition coefficient (Wildman–Crippen LogP) is 6.12. The Kier molecular flexibility index (Phi) is 5.69. The minimum atomic E-state index is -0.703. The van der Waals surface area contributed by atoms with Crippen molar-refractivity contribution in [1.29, 1.82) is 0 Å². The van der Waals surface area contributed by atoms with Gasteiger partial charge in [0, 0.05) is 5.56 Å². The number of hydrogen-bond acceptors (Lipinski definition) is 6. The van der Waals surface area contributed by atoms with Crippen molar-refractivity contribution in [3.8, 4) is 11.3 Å². The number of amides is 1. The average Bonchev–Trinajstić information content (AvgIpc) is 2.95. The number of anilines is 1. The second-order valence-corrected chi connectivity index (χ2v) is 9.26. The lowest BCUT2D eigenvalue weighted by Crippen LogP contribution is -2.42. The Balaban J connectivity index is 2.16. The van der Waals surface area contributed by atoms with Gasteiger partial charge in [-0.3, -0.25) is 4.84 Å². The van der Waals surface area contributed by atoms with Gasteiger partial charge in [0.1, 0.15) is 17.3 Å². The minimum absolute atomic E-state index is 0.233. The van der Waals surface area contributed by atoms with Crippen LogP contribution in [0.3, 0.4) is 0 Å². The van der Waals surface area contributed by atoms with Gasteiger partial charge in [-0.25, -0.2) is 14.8 Å². The summed E-state index contributed by atoms with van der Waals surface area (Å²) in [6.07, 6.45) is 0.646. The van der Waals surface area contributed by atoms with E-state index in [0.29, 0.717) is 21.3 Å². The van der Waals surface area contributed by atoms with Gasteiger partial charge in [0.05, 0.1) is 10.1 Å². The molecule has 0 saturated heterocycles. The first-order chi connectivity index (χ1) is 13.5.